The van der Waals surface area contributed by atoms with Gasteiger partial charge in [0.05, 0.1) is 11.5 Å². The average molecular weight is 278 g/mol. The van der Waals surface area contributed by atoms with Crippen molar-refractivity contribution in [1.29, 1.82) is 0 Å². The van der Waals surface area contributed by atoms with Crippen LogP contribution in [-0.4, -0.2) is 23.1 Å². The number of hydrogen-bond acceptors (Lipinski definition) is 1. The molecule has 0 aliphatic heterocycles. The van der Waals surface area contributed by atoms with Crippen molar-refractivity contribution in [3.05, 3.63) is 0 Å². The summed E-state index contributed by atoms with van der Waals surface area (Å²) in [6.45, 7) is 0. The molecule has 0 amide bonds. The summed E-state index contributed by atoms with van der Waals surface area (Å²) in [5.74, 6) is -1.43. The highest BCUT2D eigenvalue weighted by Crippen LogP contribution is 2.43. The summed E-state index contributed by atoms with van der Waals surface area (Å²) in [5.41, 5.74) is -1.35. The van der Waals surface area contributed by atoms with Gasteiger partial charge in [-0.15, -0.1) is 0 Å². The second-order valence-electron chi connectivity index (χ2n) is 5.01. The van der Waals surface area contributed by atoms with Gasteiger partial charge in [0.25, 0.3) is 0 Å². The summed E-state index contributed by atoms with van der Waals surface area (Å²) in [5, 5.41) is 9.92. The summed E-state index contributed by atoms with van der Waals surface area (Å²) in [6.07, 6.45) is -10.4. The number of halogens is 6. The molecule has 0 spiro atoms. The highest BCUT2D eigenvalue weighted by atomic mass is 19.4. The summed E-state index contributed by atoms with van der Waals surface area (Å²) < 4.78 is 72.9. The molecule has 1 saturated carbocycles. The van der Waals surface area contributed by atoms with E-state index in [1.807, 2.05) is 0 Å². The van der Waals surface area contributed by atoms with E-state index in [1.165, 1.54) is 0 Å². The van der Waals surface area contributed by atoms with Crippen LogP contribution in [-0.2, 0) is 0 Å². The van der Waals surface area contributed by atoms with Crippen LogP contribution in [0.5, 0.6) is 0 Å². The second-order valence-corrected chi connectivity index (χ2v) is 5.01. The summed E-state index contributed by atoms with van der Waals surface area (Å²) >= 11 is 0. The minimum absolute atomic E-state index is 0.0744. The Balaban J connectivity index is 2.36. The summed E-state index contributed by atoms with van der Waals surface area (Å²) in [4.78, 5) is 0. The molecule has 18 heavy (non-hydrogen) atoms. The number of alkyl halides is 6. The highest BCUT2D eigenvalue weighted by Gasteiger charge is 2.45. The van der Waals surface area contributed by atoms with Crippen molar-refractivity contribution < 1.29 is 31.4 Å². The van der Waals surface area contributed by atoms with Crippen LogP contribution < -0.4 is 0 Å². The largest absolute Gasteiger partial charge is 0.391 e. The minimum Gasteiger partial charge on any atom is -0.390 e. The zero-order valence-corrected chi connectivity index (χ0v) is 9.74. The quantitative estimate of drug-likeness (QED) is 0.767. The third-order valence-electron chi connectivity index (χ3n) is 3.48. The van der Waals surface area contributed by atoms with Crippen molar-refractivity contribution in [1.82, 2.24) is 0 Å². The lowest BCUT2D eigenvalue weighted by Gasteiger charge is -2.36. The van der Waals surface area contributed by atoms with Crippen LogP contribution in [0.1, 0.15) is 44.9 Å². The molecule has 1 aliphatic rings. The van der Waals surface area contributed by atoms with Gasteiger partial charge in [0.2, 0.25) is 0 Å². The van der Waals surface area contributed by atoms with Gasteiger partial charge >= 0.3 is 12.4 Å². The minimum atomic E-state index is -4.28. The Bertz CT molecular complexity index is 256. The Labute approximate surface area is 101 Å². The summed E-state index contributed by atoms with van der Waals surface area (Å²) in [6, 6.07) is 0. The average Bonchev–Trinajstić information content (AvgIpc) is 2.14. The zero-order chi connectivity index (χ0) is 14.0. The lowest BCUT2D eigenvalue weighted by atomic mass is 9.76. The molecule has 0 heterocycles. The molecule has 0 unspecified atom stereocenters. The fourth-order valence-corrected chi connectivity index (χ4v) is 2.35. The first-order valence-corrected chi connectivity index (χ1v) is 5.88. The van der Waals surface area contributed by atoms with Crippen LogP contribution in [0.15, 0.2) is 0 Å². The fourth-order valence-electron chi connectivity index (χ4n) is 2.35. The topological polar surface area (TPSA) is 20.2 Å². The van der Waals surface area contributed by atoms with Crippen LogP contribution >= 0.6 is 0 Å². The molecule has 0 bridgehead atoms. The molecule has 0 aromatic carbocycles. The summed E-state index contributed by atoms with van der Waals surface area (Å²) in [7, 11) is 0. The van der Waals surface area contributed by atoms with E-state index in [0.717, 1.165) is 0 Å². The number of hydrogen-bond donors (Lipinski definition) is 1. The molecule has 0 aromatic heterocycles. The van der Waals surface area contributed by atoms with Gasteiger partial charge in [-0.1, -0.05) is 0 Å². The van der Waals surface area contributed by atoms with Crippen LogP contribution in [0, 0.1) is 5.92 Å². The standard InChI is InChI=1S/C11H16F6O/c12-10(13,14)5-1-4-9(18)6-2-8(3-7-9)11(15,16)17/h8,18H,1-7H2. The molecule has 7 heteroatoms. The molecule has 1 fully saturated rings. The van der Waals surface area contributed by atoms with E-state index in [1.54, 1.807) is 0 Å². The predicted octanol–water partition coefficient (Wildman–Crippen LogP) is 4.20. The highest BCUT2D eigenvalue weighted by molar-refractivity contribution is 4.87. The predicted molar refractivity (Wildman–Crippen MR) is 52.9 cm³/mol. The van der Waals surface area contributed by atoms with Crippen molar-refractivity contribution in [3.63, 3.8) is 0 Å². The third kappa shape index (κ3) is 5.04. The first-order chi connectivity index (χ1) is 8.02. The molecule has 0 radical (unpaired) electrons. The number of aliphatic hydroxyl groups is 1. The SMILES string of the molecule is OC1(CCCC(F)(F)F)CCC(C(F)(F)F)CC1. The Morgan fingerprint density at radius 1 is 1.00 bits per heavy atom. The maximum Gasteiger partial charge on any atom is 0.391 e. The zero-order valence-electron chi connectivity index (χ0n) is 9.74. The fraction of sp³-hybridized carbons (Fsp3) is 1.00. The van der Waals surface area contributed by atoms with E-state index >= 15 is 0 Å². The van der Waals surface area contributed by atoms with E-state index in [-0.39, 0.29) is 38.5 Å². The first kappa shape index (κ1) is 15.6. The lowest BCUT2D eigenvalue weighted by molar-refractivity contribution is -0.193. The Hall–Kier alpha value is -0.460. The molecular formula is C11H16F6O. The molecule has 0 saturated heterocycles. The van der Waals surface area contributed by atoms with E-state index in [0.29, 0.717) is 0 Å². The van der Waals surface area contributed by atoms with E-state index in [9.17, 15) is 31.4 Å². The molecule has 1 nitrogen and oxygen atoms in total. The Kier molecular flexibility index (Phi) is 4.56. The van der Waals surface area contributed by atoms with Crippen LogP contribution in [0.3, 0.4) is 0 Å². The van der Waals surface area contributed by atoms with Gasteiger partial charge in [0.15, 0.2) is 0 Å². The van der Waals surface area contributed by atoms with Crippen LogP contribution in [0.4, 0.5) is 26.3 Å². The molecule has 0 atom stereocenters. The first-order valence-electron chi connectivity index (χ1n) is 5.88. The monoisotopic (exact) mass is 278 g/mol. The van der Waals surface area contributed by atoms with E-state index in [2.05, 4.69) is 0 Å². The number of rotatable bonds is 3. The van der Waals surface area contributed by atoms with Gasteiger partial charge in [-0.25, -0.2) is 0 Å². The van der Waals surface area contributed by atoms with Gasteiger partial charge in [-0.3, -0.25) is 0 Å². The van der Waals surface area contributed by atoms with Crippen LogP contribution in [0.25, 0.3) is 0 Å². The smallest absolute Gasteiger partial charge is 0.390 e. The second kappa shape index (κ2) is 5.27. The maximum atomic E-state index is 12.4. The van der Waals surface area contributed by atoms with Crippen molar-refractivity contribution in [2.24, 2.45) is 5.92 Å². The van der Waals surface area contributed by atoms with Crippen molar-refractivity contribution in [2.75, 3.05) is 0 Å². The van der Waals surface area contributed by atoms with Crippen molar-refractivity contribution in [2.45, 2.75) is 62.9 Å². The van der Waals surface area contributed by atoms with E-state index in [4.69, 9.17) is 0 Å². The maximum absolute atomic E-state index is 12.4. The lowest BCUT2D eigenvalue weighted by Crippen LogP contribution is -2.38. The molecule has 108 valence electrons. The van der Waals surface area contributed by atoms with Crippen LogP contribution in [0.2, 0.25) is 0 Å². The Morgan fingerprint density at radius 3 is 1.89 bits per heavy atom. The van der Waals surface area contributed by atoms with Gasteiger partial charge in [-0.2, -0.15) is 26.3 Å². The molecule has 0 aromatic rings. The van der Waals surface area contributed by atoms with Crippen molar-refractivity contribution >= 4 is 0 Å². The molecule has 1 N–H and O–H groups in total. The molecular weight excluding hydrogens is 262 g/mol. The molecule has 1 aliphatic carbocycles. The van der Waals surface area contributed by atoms with Gasteiger partial charge in [-0.05, 0) is 38.5 Å². The van der Waals surface area contributed by atoms with Gasteiger partial charge in [0, 0.05) is 6.42 Å². The van der Waals surface area contributed by atoms with E-state index < -0.39 is 30.3 Å². The van der Waals surface area contributed by atoms with Gasteiger partial charge < -0.3 is 5.11 Å². The van der Waals surface area contributed by atoms with Gasteiger partial charge in [0.1, 0.15) is 0 Å². The third-order valence-corrected chi connectivity index (χ3v) is 3.48. The van der Waals surface area contributed by atoms with Crippen molar-refractivity contribution in [3.8, 4) is 0 Å². The molecule has 1 rings (SSSR count). The Morgan fingerprint density at radius 2 is 1.50 bits per heavy atom. The normalized spacial score (nSPS) is 30.5.